The van der Waals surface area contributed by atoms with Gasteiger partial charge in [-0.1, -0.05) is 29.3 Å². The maximum atomic E-state index is 11.5. The van der Waals surface area contributed by atoms with Crippen molar-refractivity contribution in [2.24, 2.45) is 0 Å². The van der Waals surface area contributed by atoms with E-state index in [-0.39, 0.29) is 11.8 Å². The fourth-order valence-corrected chi connectivity index (χ4v) is 4.09. The number of hydrogen-bond donors (Lipinski definition) is 1. The number of nitrogens with one attached hydrogen (secondary N) is 1. The van der Waals surface area contributed by atoms with Crippen molar-refractivity contribution < 1.29 is 8.42 Å². The van der Waals surface area contributed by atoms with Crippen LogP contribution in [-0.4, -0.2) is 26.0 Å². The van der Waals surface area contributed by atoms with Gasteiger partial charge in [0.2, 0.25) is 0 Å². The van der Waals surface area contributed by atoms with Crippen LogP contribution in [0.3, 0.4) is 0 Å². The second-order valence-corrected chi connectivity index (χ2v) is 7.63. The molecule has 0 radical (unpaired) electrons. The SMILES string of the molecule is O=S1(=O)CCCC(NCc2ccc(Cl)c(Cl)c2)C1. The van der Waals surface area contributed by atoms with Gasteiger partial charge in [0.25, 0.3) is 0 Å². The first-order chi connectivity index (χ1) is 8.46. The molecule has 1 heterocycles. The van der Waals surface area contributed by atoms with Gasteiger partial charge >= 0.3 is 0 Å². The van der Waals surface area contributed by atoms with E-state index in [9.17, 15) is 8.42 Å². The Morgan fingerprint density at radius 1 is 1.28 bits per heavy atom. The van der Waals surface area contributed by atoms with Crippen molar-refractivity contribution in [2.75, 3.05) is 11.5 Å². The normalized spacial score (nSPS) is 22.9. The second kappa shape index (κ2) is 5.78. The molecule has 1 fully saturated rings. The van der Waals surface area contributed by atoms with E-state index in [2.05, 4.69) is 5.32 Å². The third-order valence-electron chi connectivity index (χ3n) is 3.04. The number of halogens is 2. The average Bonchev–Trinajstić information content (AvgIpc) is 2.29. The first-order valence-electron chi connectivity index (χ1n) is 5.84. The van der Waals surface area contributed by atoms with Crippen LogP contribution in [0.25, 0.3) is 0 Å². The third-order valence-corrected chi connectivity index (χ3v) is 5.60. The largest absolute Gasteiger partial charge is 0.309 e. The topological polar surface area (TPSA) is 46.2 Å². The molecule has 0 aliphatic carbocycles. The molecule has 0 amide bonds. The van der Waals surface area contributed by atoms with Crippen LogP contribution < -0.4 is 5.32 Å². The maximum Gasteiger partial charge on any atom is 0.151 e. The summed E-state index contributed by atoms with van der Waals surface area (Å²) >= 11 is 11.8. The van der Waals surface area contributed by atoms with E-state index < -0.39 is 9.84 Å². The number of rotatable bonds is 3. The number of benzene rings is 1. The van der Waals surface area contributed by atoms with E-state index in [1.54, 1.807) is 12.1 Å². The highest BCUT2D eigenvalue weighted by Crippen LogP contribution is 2.22. The first kappa shape index (κ1) is 14.1. The van der Waals surface area contributed by atoms with Crippen molar-refractivity contribution in [3.63, 3.8) is 0 Å². The minimum atomic E-state index is -2.86. The summed E-state index contributed by atoms with van der Waals surface area (Å²) in [5.41, 5.74) is 1.01. The van der Waals surface area contributed by atoms with Gasteiger partial charge in [0.15, 0.2) is 9.84 Å². The Balaban J connectivity index is 1.93. The van der Waals surface area contributed by atoms with Crippen molar-refractivity contribution >= 4 is 33.0 Å². The molecule has 1 N–H and O–H groups in total. The predicted octanol–water partition coefficient (Wildman–Crippen LogP) is 2.66. The van der Waals surface area contributed by atoms with Crippen LogP contribution in [0, 0.1) is 0 Å². The lowest BCUT2D eigenvalue weighted by molar-refractivity contribution is 0.480. The molecule has 1 aliphatic rings. The van der Waals surface area contributed by atoms with E-state index >= 15 is 0 Å². The van der Waals surface area contributed by atoms with Gasteiger partial charge in [-0.15, -0.1) is 0 Å². The minimum Gasteiger partial charge on any atom is -0.309 e. The van der Waals surface area contributed by atoms with Crippen LogP contribution in [0.5, 0.6) is 0 Å². The lowest BCUT2D eigenvalue weighted by atomic mass is 10.1. The van der Waals surface area contributed by atoms with Crippen LogP contribution in [-0.2, 0) is 16.4 Å². The zero-order chi connectivity index (χ0) is 13.2. The quantitative estimate of drug-likeness (QED) is 0.934. The number of sulfone groups is 1. The molecule has 6 heteroatoms. The smallest absolute Gasteiger partial charge is 0.151 e. The van der Waals surface area contributed by atoms with Gasteiger partial charge in [-0.3, -0.25) is 0 Å². The second-order valence-electron chi connectivity index (χ2n) is 4.58. The summed E-state index contributed by atoms with van der Waals surface area (Å²) in [6.07, 6.45) is 1.64. The lowest BCUT2D eigenvalue weighted by Crippen LogP contribution is -2.39. The van der Waals surface area contributed by atoms with Crippen molar-refractivity contribution in [3.8, 4) is 0 Å². The molecule has 0 saturated carbocycles. The predicted molar refractivity (Wildman–Crippen MR) is 75.0 cm³/mol. The lowest BCUT2D eigenvalue weighted by Gasteiger charge is -2.23. The van der Waals surface area contributed by atoms with Crippen LogP contribution in [0.15, 0.2) is 18.2 Å². The first-order valence-corrected chi connectivity index (χ1v) is 8.42. The van der Waals surface area contributed by atoms with E-state index in [0.29, 0.717) is 22.3 Å². The summed E-state index contributed by atoms with van der Waals surface area (Å²) in [4.78, 5) is 0. The maximum absolute atomic E-state index is 11.5. The van der Waals surface area contributed by atoms with Crippen LogP contribution in [0.1, 0.15) is 18.4 Å². The molecule has 18 heavy (non-hydrogen) atoms. The Morgan fingerprint density at radius 2 is 2.06 bits per heavy atom. The van der Waals surface area contributed by atoms with Gasteiger partial charge in [-0.2, -0.15) is 0 Å². The van der Waals surface area contributed by atoms with Crippen molar-refractivity contribution in [1.82, 2.24) is 5.32 Å². The monoisotopic (exact) mass is 307 g/mol. The Bertz CT molecular complexity index is 531. The Hall–Kier alpha value is -0.290. The average molecular weight is 308 g/mol. The molecule has 100 valence electrons. The van der Waals surface area contributed by atoms with Crippen LogP contribution in [0.2, 0.25) is 10.0 Å². The third kappa shape index (κ3) is 3.85. The molecule has 1 aromatic carbocycles. The molecular formula is C12H15Cl2NO2S. The fraction of sp³-hybridized carbons (Fsp3) is 0.500. The molecule has 0 bridgehead atoms. The number of hydrogen-bond acceptors (Lipinski definition) is 3. The molecule has 1 aliphatic heterocycles. The van der Waals surface area contributed by atoms with Gasteiger partial charge in [0, 0.05) is 12.6 Å². The zero-order valence-electron chi connectivity index (χ0n) is 9.83. The standard InChI is InChI=1S/C12H15Cl2NO2S/c13-11-4-3-9(6-12(11)14)7-15-10-2-1-5-18(16,17)8-10/h3-4,6,10,15H,1-2,5,7-8H2. The van der Waals surface area contributed by atoms with Gasteiger partial charge < -0.3 is 5.32 Å². The summed E-state index contributed by atoms with van der Waals surface area (Å²) < 4.78 is 23.0. The summed E-state index contributed by atoms with van der Waals surface area (Å²) in [6.45, 7) is 0.608. The molecule has 2 rings (SSSR count). The Kier molecular flexibility index (Phi) is 4.54. The van der Waals surface area contributed by atoms with Gasteiger partial charge in [-0.05, 0) is 30.5 Å². The van der Waals surface area contributed by atoms with Crippen molar-refractivity contribution in [2.45, 2.75) is 25.4 Å². The Morgan fingerprint density at radius 3 is 2.72 bits per heavy atom. The minimum absolute atomic E-state index is 0.0400. The van der Waals surface area contributed by atoms with Crippen molar-refractivity contribution in [3.05, 3.63) is 33.8 Å². The van der Waals surface area contributed by atoms with E-state index in [4.69, 9.17) is 23.2 Å². The van der Waals surface area contributed by atoms with Crippen LogP contribution >= 0.6 is 23.2 Å². The molecule has 0 spiro atoms. The van der Waals surface area contributed by atoms with E-state index in [0.717, 1.165) is 18.4 Å². The molecule has 3 nitrogen and oxygen atoms in total. The van der Waals surface area contributed by atoms with E-state index in [1.807, 2.05) is 6.07 Å². The summed E-state index contributed by atoms with van der Waals surface area (Å²) in [5, 5.41) is 4.31. The molecule has 1 saturated heterocycles. The zero-order valence-corrected chi connectivity index (χ0v) is 12.2. The fourth-order valence-electron chi connectivity index (χ4n) is 2.10. The molecular weight excluding hydrogens is 293 g/mol. The highest BCUT2D eigenvalue weighted by molar-refractivity contribution is 7.91. The van der Waals surface area contributed by atoms with Gasteiger partial charge in [0.1, 0.15) is 0 Å². The molecule has 1 atom stereocenters. The highest BCUT2D eigenvalue weighted by Gasteiger charge is 2.24. The summed E-state index contributed by atoms with van der Waals surface area (Å²) in [6, 6.07) is 5.48. The van der Waals surface area contributed by atoms with Crippen molar-refractivity contribution in [1.29, 1.82) is 0 Å². The van der Waals surface area contributed by atoms with Gasteiger partial charge in [0.05, 0.1) is 21.6 Å². The summed E-state index contributed by atoms with van der Waals surface area (Å²) in [5.74, 6) is 0.548. The van der Waals surface area contributed by atoms with E-state index in [1.165, 1.54) is 0 Å². The molecule has 1 unspecified atom stereocenters. The van der Waals surface area contributed by atoms with Gasteiger partial charge in [-0.25, -0.2) is 8.42 Å². The summed E-state index contributed by atoms with van der Waals surface area (Å²) in [7, 11) is -2.86. The Labute approximate surface area is 117 Å². The van der Waals surface area contributed by atoms with Crippen LogP contribution in [0.4, 0.5) is 0 Å². The molecule has 0 aromatic heterocycles. The highest BCUT2D eigenvalue weighted by atomic mass is 35.5. The molecule has 1 aromatic rings.